The van der Waals surface area contributed by atoms with Crippen LogP contribution in [0.3, 0.4) is 0 Å². The van der Waals surface area contributed by atoms with E-state index in [9.17, 15) is 9.59 Å². The fourth-order valence-corrected chi connectivity index (χ4v) is 1.76. The van der Waals surface area contributed by atoms with Gasteiger partial charge in [0.2, 0.25) is 5.78 Å². The summed E-state index contributed by atoms with van der Waals surface area (Å²) in [6.07, 6.45) is 2.80. The van der Waals surface area contributed by atoms with Gasteiger partial charge in [-0.25, -0.2) is 4.79 Å². The molecule has 0 aromatic carbocycles. The van der Waals surface area contributed by atoms with Gasteiger partial charge in [0, 0.05) is 5.69 Å². The average Bonchev–Trinajstić information content (AvgIpc) is 2.69. The number of hydrogen-bond acceptors (Lipinski definition) is 3. The van der Waals surface area contributed by atoms with Crippen LogP contribution in [0.5, 0.6) is 0 Å². The van der Waals surface area contributed by atoms with Gasteiger partial charge in [-0.05, 0) is 24.8 Å². The smallest absolute Gasteiger partial charge is 0.372 e. The molecule has 1 aliphatic rings. The highest BCUT2D eigenvalue weighted by Crippen LogP contribution is 2.22. The van der Waals surface area contributed by atoms with Crippen LogP contribution in [-0.4, -0.2) is 27.1 Å². The maximum Gasteiger partial charge on any atom is 0.372 e. The van der Waals surface area contributed by atoms with Crippen LogP contribution in [0.1, 0.15) is 23.4 Å². The van der Waals surface area contributed by atoms with Gasteiger partial charge in [0.05, 0.1) is 12.1 Å². The van der Waals surface area contributed by atoms with E-state index in [4.69, 9.17) is 5.11 Å². The van der Waals surface area contributed by atoms with Crippen molar-refractivity contribution < 1.29 is 14.7 Å². The number of ketones is 1. The van der Waals surface area contributed by atoms with Crippen LogP contribution in [0.2, 0.25) is 0 Å². The molecule has 2 rings (SSSR count). The number of hydrogen-bond donors (Lipinski definition) is 2. The molecule has 0 radical (unpaired) electrons. The summed E-state index contributed by atoms with van der Waals surface area (Å²) in [5, 5.41) is 15.2. The van der Waals surface area contributed by atoms with Crippen LogP contribution in [0, 0.1) is 0 Å². The molecule has 1 aliphatic carbocycles. The molecule has 0 aliphatic heterocycles. The number of H-pyrrole nitrogens is 1. The Morgan fingerprint density at radius 1 is 1.43 bits per heavy atom. The van der Waals surface area contributed by atoms with E-state index in [0.717, 1.165) is 30.5 Å². The first-order chi connectivity index (χ1) is 6.68. The van der Waals surface area contributed by atoms with E-state index in [0.29, 0.717) is 5.69 Å². The molecule has 0 spiro atoms. The maximum atomic E-state index is 11.0. The fraction of sp³-hybridized carbons (Fsp3) is 0.444. The minimum absolute atomic E-state index is 0.0961. The number of carbonyl (C=O) groups excluding carboxylic acids is 1. The molecule has 0 unspecified atom stereocenters. The normalized spacial score (nSPS) is 14.0. The number of carboxylic acid groups (broad SMARTS) is 1. The molecule has 0 amide bonds. The van der Waals surface area contributed by atoms with E-state index in [1.165, 1.54) is 0 Å². The van der Waals surface area contributed by atoms with Crippen LogP contribution in [0.4, 0.5) is 0 Å². The second kappa shape index (κ2) is 3.25. The van der Waals surface area contributed by atoms with E-state index < -0.39 is 11.8 Å². The molecular formula is C9H10N2O3. The topological polar surface area (TPSA) is 83.0 Å². The molecule has 1 aromatic heterocycles. The molecule has 2 N–H and O–H groups in total. The SMILES string of the molecule is O=C(O)C(=O)Cc1n[nH]c2c1CCC2. The number of aromatic nitrogens is 2. The number of aromatic amines is 1. The Labute approximate surface area is 80.1 Å². The van der Waals surface area contributed by atoms with Crippen LogP contribution in [0.15, 0.2) is 0 Å². The van der Waals surface area contributed by atoms with E-state index in [1.54, 1.807) is 0 Å². The van der Waals surface area contributed by atoms with Crippen molar-refractivity contribution in [2.45, 2.75) is 25.7 Å². The van der Waals surface area contributed by atoms with Crippen LogP contribution >= 0.6 is 0 Å². The number of aliphatic carboxylic acids is 1. The quantitative estimate of drug-likeness (QED) is 0.668. The van der Waals surface area contributed by atoms with E-state index in [-0.39, 0.29) is 6.42 Å². The Bertz CT molecular complexity index is 395. The molecule has 0 saturated carbocycles. The van der Waals surface area contributed by atoms with Gasteiger partial charge in [-0.3, -0.25) is 9.89 Å². The van der Waals surface area contributed by atoms with Gasteiger partial charge in [-0.15, -0.1) is 0 Å². The van der Waals surface area contributed by atoms with Crippen molar-refractivity contribution in [2.75, 3.05) is 0 Å². The molecule has 74 valence electrons. The summed E-state index contributed by atoms with van der Waals surface area (Å²) < 4.78 is 0. The van der Waals surface area contributed by atoms with Gasteiger partial charge in [0.1, 0.15) is 0 Å². The summed E-state index contributed by atoms with van der Waals surface area (Å²) in [5.41, 5.74) is 2.70. The third-order valence-corrected chi connectivity index (χ3v) is 2.46. The number of nitrogens with one attached hydrogen (secondary N) is 1. The lowest BCUT2D eigenvalue weighted by Crippen LogP contribution is -2.16. The number of nitrogens with zero attached hydrogens (tertiary/aromatic N) is 1. The second-order valence-corrected chi connectivity index (χ2v) is 3.39. The molecule has 5 heteroatoms. The van der Waals surface area contributed by atoms with E-state index >= 15 is 0 Å². The van der Waals surface area contributed by atoms with Gasteiger partial charge in [0.15, 0.2) is 0 Å². The van der Waals surface area contributed by atoms with Crippen molar-refractivity contribution >= 4 is 11.8 Å². The van der Waals surface area contributed by atoms with Crippen molar-refractivity contribution in [1.82, 2.24) is 10.2 Å². The summed E-state index contributed by atoms with van der Waals surface area (Å²) in [4.78, 5) is 21.3. The molecule has 14 heavy (non-hydrogen) atoms. The van der Waals surface area contributed by atoms with Gasteiger partial charge in [-0.2, -0.15) is 5.10 Å². The molecule has 1 heterocycles. The van der Waals surface area contributed by atoms with Gasteiger partial charge < -0.3 is 5.11 Å². The third-order valence-electron chi connectivity index (χ3n) is 2.46. The second-order valence-electron chi connectivity index (χ2n) is 3.39. The highest BCUT2D eigenvalue weighted by atomic mass is 16.4. The predicted octanol–water partition coefficient (Wildman–Crippen LogP) is 0.0946. The average molecular weight is 194 g/mol. The summed E-state index contributed by atoms with van der Waals surface area (Å²) in [7, 11) is 0. The predicted molar refractivity (Wildman–Crippen MR) is 47.0 cm³/mol. The molecular weight excluding hydrogens is 184 g/mol. The molecule has 0 saturated heterocycles. The Kier molecular flexibility index (Phi) is 2.07. The van der Waals surface area contributed by atoms with Gasteiger partial charge in [-0.1, -0.05) is 0 Å². The zero-order valence-electron chi connectivity index (χ0n) is 7.54. The minimum atomic E-state index is -1.39. The lowest BCUT2D eigenvalue weighted by Gasteiger charge is -1.94. The molecule has 0 atom stereocenters. The standard InChI is InChI=1S/C9H10N2O3/c12-8(9(13)14)4-7-5-2-1-3-6(5)10-11-7/h1-4H2,(H,10,11)(H,13,14). The molecule has 0 fully saturated rings. The molecule has 5 nitrogen and oxygen atoms in total. The number of rotatable bonds is 3. The Hall–Kier alpha value is -1.65. The monoisotopic (exact) mass is 194 g/mol. The van der Waals surface area contributed by atoms with Crippen LogP contribution in [0.25, 0.3) is 0 Å². The third kappa shape index (κ3) is 1.41. The van der Waals surface area contributed by atoms with E-state index in [2.05, 4.69) is 10.2 Å². The Morgan fingerprint density at radius 3 is 2.93 bits per heavy atom. The van der Waals surface area contributed by atoms with Crippen molar-refractivity contribution in [1.29, 1.82) is 0 Å². The number of carboxylic acids is 1. The van der Waals surface area contributed by atoms with Crippen molar-refractivity contribution in [3.05, 3.63) is 17.0 Å². The number of carbonyl (C=O) groups is 2. The summed E-state index contributed by atoms with van der Waals surface area (Å²) in [5.74, 6) is -2.19. The summed E-state index contributed by atoms with van der Waals surface area (Å²) >= 11 is 0. The van der Waals surface area contributed by atoms with Crippen molar-refractivity contribution in [2.24, 2.45) is 0 Å². The summed E-state index contributed by atoms with van der Waals surface area (Å²) in [6.45, 7) is 0. The van der Waals surface area contributed by atoms with Crippen LogP contribution in [-0.2, 0) is 28.9 Å². The van der Waals surface area contributed by atoms with Crippen molar-refractivity contribution in [3.63, 3.8) is 0 Å². The first-order valence-electron chi connectivity index (χ1n) is 4.49. The van der Waals surface area contributed by atoms with Gasteiger partial charge >= 0.3 is 5.97 Å². The van der Waals surface area contributed by atoms with E-state index in [1.807, 2.05) is 0 Å². The zero-order valence-corrected chi connectivity index (χ0v) is 7.54. The first-order valence-corrected chi connectivity index (χ1v) is 4.49. The number of aryl methyl sites for hydroxylation is 1. The first kappa shape index (κ1) is 8.93. The molecule has 0 bridgehead atoms. The highest BCUT2D eigenvalue weighted by molar-refractivity contribution is 6.33. The largest absolute Gasteiger partial charge is 0.475 e. The number of fused-ring (bicyclic) bond motifs is 1. The number of Topliss-reactive ketones (excluding diaryl/α,β-unsaturated/α-hetero) is 1. The lowest BCUT2D eigenvalue weighted by atomic mass is 10.1. The Morgan fingerprint density at radius 2 is 2.21 bits per heavy atom. The zero-order chi connectivity index (χ0) is 10.1. The van der Waals surface area contributed by atoms with Gasteiger partial charge in [0.25, 0.3) is 0 Å². The fourth-order valence-electron chi connectivity index (χ4n) is 1.76. The summed E-state index contributed by atoms with van der Waals surface area (Å²) in [6, 6.07) is 0. The lowest BCUT2D eigenvalue weighted by molar-refractivity contribution is -0.148. The Balaban J connectivity index is 2.18. The molecule has 1 aromatic rings. The minimum Gasteiger partial charge on any atom is -0.475 e. The van der Waals surface area contributed by atoms with Crippen LogP contribution < -0.4 is 0 Å². The maximum absolute atomic E-state index is 11.0. The highest BCUT2D eigenvalue weighted by Gasteiger charge is 2.22. The van der Waals surface area contributed by atoms with Crippen molar-refractivity contribution in [3.8, 4) is 0 Å².